The summed E-state index contributed by atoms with van der Waals surface area (Å²) >= 11 is 1.14. The molecular formula is C25H23F6N3O5S2. The van der Waals surface area contributed by atoms with Gasteiger partial charge in [0.25, 0.3) is 5.60 Å². The van der Waals surface area contributed by atoms with Crippen LogP contribution in [0.1, 0.15) is 34.9 Å². The van der Waals surface area contributed by atoms with Gasteiger partial charge in [-0.1, -0.05) is 18.2 Å². The summed E-state index contributed by atoms with van der Waals surface area (Å²) in [6, 6.07) is 9.38. The molecule has 0 aromatic heterocycles. The van der Waals surface area contributed by atoms with Crippen molar-refractivity contribution in [2.45, 2.75) is 47.6 Å². The van der Waals surface area contributed by atoms with Gasteiger partial charge in [-0.3, -0.25) is 4.90 Å². The maximum absolute atomic E-state index is 13.1. The van der Waals surface area contributed by atoms with Crippen LogP contribution in [0.5, 0.6) is 0 Å². The maximum Gasteiger partial charge on any atom is 0.430 e. The highest BCUT2D eigenvalue weighted by Gasteiger charge is 2.71. The van der Waals surface area contributed by atoms with E-state index in [0.717, 1.165) is 23.9 Å². The van der Waals surface area contributed by atoms with E-state index >= 15 is 0 Å². The van der Waals surface area contributed by atoms with Crippen molar-refractivity contribution < 1.29 is 49.4 Å². The predicted octanol–water partition coefficient (Wildman–Crippen LogP) is 5.46. The van der Waals surface area contributed by atoms with Crippen molar-refractivity contribution in [2.24, 2.45) is 5.41 Å². The summed E-state index contributed by atoms with van der Waals surface area (Å²) in [6.07, 6.45) is -11.7. The van der Waals surface area contributed by atoms with Crippen molar-refractivity contribution in [3.8, 4) is 6.07 Å². The highest BCUT2D eigenvalue weighted by Crippen LogP contribution is 2.50. The smallest absolute Gasteiger partial charge is 0.430 e. The van der Waals surface area contributed by atoms with Crippen molar-refractivity contribution in [1.29, 1.82) is 5.26 Å². The number of methoxy groups -OCH3 is 1. The number of nitrogens with zero attached hydrogens (tertiary/aromatic N) is 2. The van der Waals surface area contributed by atoms with Gasteiger partial charge in [0.2, 0.25) is 0 Å². The molecule has 2 aromatic carbocycles. The lowest BCUT2D eigenvalue weighted by Gasteiger charge is -2.32. The fourth-order valence-corrected chi connectivity index (χ4v) is 7.46. The molecule has 222 valence electrons. The van der Waals surface area contributed by atoms with Crippen LogP contribution in [0.25, 0.3) is 0 Å². The molecule has 0 radical (unpaired) electrons. The molecular weight excluding hydrogens is 600 g/mol. The van der Waals surface area contributed by atoms with E-state index in [2.05, 4.69) is 11.4 Å². The molecule has 1 aliphatic heterocycles. The van der Waals surface area contributed by atoms with Gasteiger partial charge in [0.15, 0.2) is 9.84 Å². The van der Waals surface area contributed by atoms with Crippen LogP contribution < -0.4 is 5.32 Å². The first-order valence-electron chi connectivity index (χ1n) is 11.9. The summed E-state index contributed by atoms with van der Waals surface area (Å²) in [5, 5.41) is 21.0. The number of rotatable bonds is 8. The van der Waals surface area contributed by atoms with Crippen LogP contribution in [0.15, 0.2) is 47.4 Å². The third kappa shape index (κ3) is 5.80. The maximum atomic E-state index is 13.1. The Morgan fingerprint density at radius 3 is 2.27 bits per heavy atom. The lowest BCUT2D eigenvalue weighted by Crippen LogP contribution is -2.53. The van der Waals surface area contributed by atoms with E-state index < -0.39 is 50.2 Å². The standard InChI is InChI=1S/C25H23F6N3O5S2/c1-39-21(35)34-11-15-10-18(41(37,38)13-22(12-32)8-9-22)6-7-19(15)20(34)40-14-33-17-4-2-16(3-5-17)23(36,24(26,27)28)25(29,30)31/h2-7,10,20,33,36H,8-9,11,13-14H2,1H3. The van der Waals surface area contributed by atoms with Gasteiger partial charge in [0, 0.05) is 11.3 Å². The monoisotopic (exact) mass is 623 g/mol. The van der Waals surface area contributed by atoms with Crippen LogP contribution in [0.3, 0.4) is 0 Å². The number of carbonyl (C=O) groups is 1. The molecule has 1 heterocycles. The lowest BCUT2D eigenvalue weighted by molar-refractivity contribution is -0.376. The Balaban J connectivity index is 1.49. The molecule has 2 aliphatic rings. The molecule has 0 bridgehead atoms. The molecule has 1 atom stereocenters. The molecule has 0 spiro atoms. The Labute approximate surface area is 235 Å². The SMILES string of the molecule is COC(=O)N1Cc2cc(S(=O)(=O)CC3(C#N)CC3)ccc2C1SCNc1ccc(C(O)(C(F)(F)F)C(F)(F)F)cc1. The van der Waals surface area contributed by atoms with Gasteiger partial charge in [-0.25, -0.2) is 13.2 Å². The summed E-state index contributed by atoms with van der Waals surface area (Å²) in [5.41, 5.74) is -6.02. The van der Waals surface area contributed by atoms with E-state index in [1.54, 1.807) is 6.07 Å². The highest BCUT2D eigenvalue weighted by molar-refractivity contribution is 7.99. The van der Waals surface area contributed by atoms with E-state index in [1.165, 1.54) is 24.1 Å². The number of hydrogen-bond acceptors (Lipinski definition) is 8. The number of halogens is 6. The minimum atomic E-state index is -6.00. The number of ether oxygens (including phenoxy) is 1. The highest BCUT2D eigenvalue weighted by atomic mass is 32.2. The number of amides is 1. The van der Waals surface area contributed by atoms with E-state index in [9.17, 15) is 49.9 Å². The van der Waals surface area contributed by atoms with Crippen LogP contribution in [-0.4, -0.2) is 55.6 Å². The number of hydrogen-bond donors (Lipinski definition) is 2. The molecule has 16 heteroatoms. The molecule has 1 fully saturated rings. The number of carbonyl (C=O) groups excluding carboxylic acids is 1. The first kappa shape index (κ1) is 30.8. The van der Waals surface area contributed by atoms with Gasteiger partial charge in [-0.2, -0.15) is 31.6 Å². The van der Waals surface area contributed by atoms with E-state index in [4.69, 9.17) is 4.74 Å². The molecule has 2 aromatic rings. The van der Waals surface area contributed by atoms with Gasteiger partial charge in [-0.05, 0) is 48.2 Å². The molecule has 2 N–H and O–H groups in total. The van der Waals surface area contributed by atoms with E-state index in [1.807, 2.05) is 0 Å². The first-order chi connectivity index (χ1) is 19.0. The third-order valence-corrected chi connectivity index (χ3v) is 10.0. The molecule has 1 amide bonds. The number of alkyl halides is 6. The molecule has 41 heavy (non-hydrogen) atoms. The summed E-state index contributed by atoms with van der Waals surface area (Å²) < 4.78 is 109. The fraction of sp³-hybridized carbons (Fsp3) is 0.440. The number of thioether (sulfide) groups is 1. The zero-order valence-corrected chi connectivity index (χ0v) is 22.8. The van der Waals surface area contributed by atoms with Crippen molar-refractivity contribution in [2.75, 3.05) is 24.1 Å². The average molecular weight is 624 g/mol. The van der Waals surface area contributed by atoms with Crippen molar-refractivity contribution in [3.63, 3.8) is 0 Å². The predicted molar refractivity (Wildman–Crippen MR) is 135 cm³/mol. The number of nitrogens with one attached hydrogen (secondary N) is 1. The Kier molecular flexibility index (Phi) is 7.95. The van der Waals surface area contributed by atoms with Crippen molar-refractivity contribution >= 4 is 33.4 Å². The topological polar surface area (TPSA) is 120 Å². The Morgan fingerprint density at radius 2 is 1.76 bits per heavy atom. The van der Waals surface area contributed by atoms with Crippen LogP contribution >= 0.6 is 11.8 Å². The largest absolute Gasteiger partial charge is 0.453 e. The zero-order chi connectivity index (χ0) is 30.4. The summed E-state index contributed by atoms with van der Waals surface area (Å²) in [4.78, 5) is 13.8. The zero-order valence-electron chi connectivity index (χ0n) is 21.2. The Hall–Kier alpha value is -3.16. The lowest BCUT2D eigenvalue weighted by atomic mass is 9.92. The second kappa shape index (κ2) is 10.6. The minimum absolute atomic E-state index is 0.0177. The molecule has 1 saturated carbocycles. The number of aliphatic hydroxyl groups is 1. The van der Waals surface area contributed by atoms with Crippen LogP contribution in [0, 0.1) is 16.7 Å². The Bertz CT molecular complexity index is 1450. The van der Waals surface area contributed by atoms with E-state index in [0.29, 0.717) is 36.1 Å². The number of sulfone groups is 1. The Morgan fingerprint density at radius 1 is 1.15 bits per heavy atom. The second-order valence-corrected chi connectivity index (χ2v) is 12.8. The summed E-state index contributed by atoms with van der Waals surface area (Å²) in [6.45, 7) is 0.0224. The number of anilines is 1. The summed E-state index contributed by atoms with van der Waals surface area (Å²) in [5.74, 6) is -0.273. The summed E-state index contributed by atoms with van der Waals surface area (Å²) in [7, 11) is -2.60. The second-order valence-electron chi connectivity index (χ2n) is 9.73. The minimum Gasteiger partial charge on any atom is -0.453 e. The number of fused-ring (bicyclic) bond motifs is 1. The van der Waals surface area contributed by atoms with Crippen molar-refractivity contribution in [1.82, 2.24) is 4.90 Å². The number of nitriles is 1. The van der Waals surface area contributed by atoms with Gasteiger partial charge < -0.3 is 15.2 Å². The quantitative estimate of drug-likeness (QED) is 0.294. The first-order valence-corrected chi connectivity index (χ1v) is 14.6. The van der Waals surface area contributed by atoms with Gasteiger partial charge >= 0.3 is 18.4 Å². The van der Waals surface area contributed by atoms with E-state index in [-0.39, 0.29) is 28.8 Å². The normalized spacial score (nSPS) is 18.4. The molecule has 1 aliphatic carbocycles. The average Bonchev–Trinajstić information content (AvgIpc) is 3.57. The van der Waals surface area contributed by atoms with Gasteiger partial charge in [-0.15, -0.1) is 11.8 Å². The van der Waals surface area contributed by atoms with Crippen LogP contribution in [-0.2, 0) is 26.7 Å². The van der Waals surface area contributed by atoms with Crippen molar-refractivity contribution in [3.05, 3.63) is 59.2 Å². The van der Waals surface area contributed by atoms with Gasteiger partial charge in [0.1, 0.15) is 5.37 Å². The molecule has 0 saturated heterocycles. The molecule has 1 unspecified atom stereocenters. The van der Waals surface area contributed by atoms with Crippen LogP contribution in [0.2, 0.25) is 0 Å². The third-order valence-electron chi connectivity index (χ3n) is 6.97. The van der Waals surface area contributed by atoms with Crippen LogP contribution in [0.4, 0.5) is 36.8 Å². The fourth-order valence-electron chi connectivity index (χ4n) is 4.45. The number of benzene rings is 2. The molecule has 8 nitrogen and oxygen atoms in total. The van der Waals surface area contributed by atoms with Gasteiger partial charge in [0.05, 0.1) is 41.7 Å². The molecule has 4 rings (SSSR count).